The van der Waals surface area contributed by atoms with Crippen molar-refractivity contribution in [1.82, 2.24) is 0 Å². The molecule has 0 radical (unpaired) electrons. The van der Waals surface area contributed by atoms with Crippen LogP contribution in [0, 0.1) is 17.5 Å². The van der Waals surface area contributed by atoms with Crippen molar-refractivity contribution in [3.05, 3.63) is 119 Å². The number of benzene rings is 4. The SMILES string of the molecule is CCCc1ccc(-c2ccc(-c3ccc(C(F)=C(F)c4ccc(C(F)(F)F)c(F)c4)c(F)c3)c(F)c2)cc1. The summed E-state index contributed by atoms with van der Waals surface area (Å²) in [5.41, 5.74) is -0.697. The first-order valence-electron chi connectivity index (χ1n) is 11.6. The van der Waals surface area contributed by atoms with Gasteiger partial charge in [0.15, 0.2) is 11.7 Å². The molecule has 0 aromatic heterocycles. The van der Waals surface area contributed by atoms with E-state index in [4.69, 9.17) is 0 Å². The van der Waals surface area contributed by atoms with Crippen LogP contribution in [0.2, 0.25) is 0 Å². The van der Waals surface area contributed by atoms with Crippen LogP contribution >= 0.6 is 0 Å². The number of hydrogen-bond acceptors (Lipinski definition) is 0. The van der Waals surface area contributed by atoms with Gasteiger partial charge in [0.25, 0.3) is 0 Å². The van der Waals surface area contributed by atoms with Crippen LogP contribution in [-0.4, -0.2) is 0 Å². The van der Waals surface area contributed by atoms with Gasteiger partial charge >= 0.3 is 6.18 Å². The maximum Gasteiger partial charge on any atom is 0.419 e. The van der Waals surface area contributed by atoms with Crippen molar-refractivity contribution in [2.75, 3.05) is 0 Å². The Labute approximate surface area is 213 Å². The lowest BCUT2D eigenvalue weighted by atomic mass is 9.97. The Morgan fingerprint density at radius 3 is 1.84 bits per heavy atom. The molecule has 196 valence electrons. The molecule has 38 heavy (non-hydrogen) atoms. The van der Waals surface area contributed by atoms with E-state index in [0.717, 1.165) is 36.1 Å². The van der Waals surface area contributed by atoms with Crippen LogP contribution in [0.1, 0.15) is 35.6 Å². The van der Waals surface area contributed by atoms with Crippen LogP contribution in [0.3, 0.4) is 0 Å². The predicted molar refractivity (Wildman–Crippen MR) is 132 cm³/mol. The molecule has 0 unspecified atom stereocenters. The van der Waals surface area contributed by atoms with Gasteiger partial charge in [0.1, 0.15) is 17.5 Å². The fraction of sp³-hybridized carbons (Fsp3) is 0.133. The van der Waals surface area contributed by atoms with Crippen LogP contribution in [0.4, 0.5) is 35.1 Å². The van der Waals surface area contributed by atoms with Gasteiger partial charge in [0, 0.05) is 16.7 Å². The molecule has 0 N–H and O–H groups in total. The van der Waals surface area contributed by atoms with E-state index in [1.165, 1.54) is 18.2 Å². The van der Waals surface area contributed by atoms with Gasteiger partial charge in [-0.3, -0.25) is 0 Å². The van der Waals surface area contributed by atoms with E-state index in [1.54, 1.807) is 6.07 Å². The highest BCUT2D eigenvalue weighted by Gasteiger charge is 2.34. The number of rotatable bonds is 6. The molecule has 0 atom stereocenters. The molecule has 4 rings (SSSR count). The smallest absolute Gasteiger partial charge is 0.206 e. The lowest BCUT2D eigenvalue weighted by molar-refractivity contribution is -0.140. The van der Waals surface area contributed by atoms with Crippen LogP contribution in [0.25, 0.3) is 33.9 Å². The lowest BCUT2D eigenvalue weighted by Gasteiger charge is -2.11. The first-order valence-corrected chi connectivity index (χ1v) is 11.6. The first kappa shape index (κ1) is 27.1. The predicted octanol–water partition coefficient (Wildman–Crippen LogP) is 10.2. The van der Waals surface area contributed by atoms with Crippen molar-refractivity contribution >= 4 is 11.7 Å². The maximum absolute atomic E-state index is 14.9. The molecule has 0 aliphatic heterocycles. The van der Waals surface area contributed by atoms with Crippen LogP contribution in [0.5, 0.6) is 0 Å². The number of hydrogen-bond donors (Lipinski definition) is 0. The fourth-order valence-electron chi connectivity index (χ4n) is 4.07. The monoisotopic (exact) mass is 532 g/mol. The highest BCUT2D eigenvalue weighted by Crippen LogP contribution is 2.36. The molecule has 0 fully saturated rings. The lowest BCUT2D eigenvalue weighted by Crippen LogP contribution is -2.08. The first-order chi connectivity index (χ1) is 18.0. The minimum atomic E-state index is -5.02. The number of aryl methyl sites for hydroxylation is 1. The van der Waals surface area contributed by atoms with Crippen molar-refractivity contribution in [1.29, 1.82) is 0 Å². The summed E-state index contributed by atoms with van der Waals surface area (Å²) in [6.07, 6.45) is -3.09. The normalized spacial score (nSPS) is 12.4. The van der Waals surface area contributed by atoms with Crippen molar-refractivity contribution in [2.24, 2.45) is 0 Å². The van der Waals surface area contributed by atoms with E-state index in [1.807, 2.05) is 24.3 Å². The summed E-state index contributed by atoms with van der Waals surface area (Å²) in [4.78, 5) is 0. The van der Waals surface area contributed by atoms with Gasteiger partial charge in [-0.2, -0.15) is 13.2 Å². The number of alkyl halides is 3. The molecule has 4 aromatic rings. The molecule has 0 spiro atoms. The molecule has 0 aliphatic rings. The molecular weight excluding hydrogens is 512 g/mol. The van der Waals surface area contributed by atoms with E-state index < -0.39 is 52.0 Å². The largest absolute Gasteiger partial charge is 0.419 e. The van der Waals surface area contributed by atoms with Crippen molar-refractivity contribution < 1.29 is 35.1 Å². The third-order valence-electron chi connectivity index (χ3n) is 6.03. The fourth-order valence-corrected chi connectivity index (χ4v) is 4.07. The van der Waals surface area contributed by atoms with Gasteiger partial charge in [-0.1, -0.05) is 61.9 Å². The summed E-state index contributed by atoms with van der Waals surface area (Å²) in [6, 6.07) is 15.9. The van der Waals surface area contributed by atoms with Gasteiger partial charge < -0.3 is 0 Å². The molecule has 0 amide bonds. The van der Waals surface area contributed by atoms with E-state index >= 15 is 0 Å². The molecular formula is C30H20F8. The zero-order chi connectivity index (χ0) is 27.6. The van der Waals surface area contributed by atoms with E-state index in [-0.39, 0.29) is 23.3 Å². The molecule has 0 bridgehead atoms. The molecule has 0 nitrogen and oxygen atoms in total. The van der Waals surface area contributed by atoms with Crippen molar-refractivity contribution in [2.45, 2.75) is 25.9 Å². The quantitative estimate of drug-likeness (QED) is 0.171. The average molecular weight is 532 g/mol. The Bertz CT molecular complexity index is 1500. The molecule has 0 saturated heterocycles. The Balaban J connectivity index is 1.62. The standard InChI is InChI=1S/C30H20F8/c1-2-3-17-4-6-18(7-5-17)19-8-11-22(25(31)14-19)20-9-12-23(26(32)15-20)29(35)28(34)21-10-13-24(27(33)16-21)30(36,37)38/h4-16H,2-3H2,1H3. The molecule has 0 aliphatic carbocycles. The summed E-state index contributed by atoms with van der Waals surface area (Å²) in [7, 11) is 0. The summed E-state index contributed by atoms with van der Waals surface area (Å²) in [5.74, 6) is -7.18. The Morgan fingerprint density at radius 2 is 1.26 bits per heavy atom. The van der Waals surface area contributed by atoms with Crippen LogP contribution in [-0.2, 0) is 12.6 Å². The highest BCUT2D eigenvalue weighted by molar-refractivity contribution is 5.84. The second-order valence-electron chi connectivity index (χ2n) is 8.66. The van der Waals surface area contributed by atoms with Crippen molar-refractivity contribution in [3.63, 3.8) is 0 Å². The van der Waals surface area contributed by atoms with E-state index in [0.29, 0.717) is 11.6 Å². The molecule has 0 heterocycles. The van der Waals surface area contributed by atoms with E-state index in [9.17, 15) is 35.1 Å². The van der Waals surface area contributed by atoms with Crippen molar-refractivity contribution in [3.8, 4) is 22.3 Å². The second kappa shape index (κ2) is 10.8. The third kappa shape index (κ3) is 5.64. The minimum Gasteiger partial charge on any atom is -0.206 e. The highest BCUT2D eigenvalue weighted by atomic mass is 19.4. The van der Waals surface area contributed by atoms with Gasteiger partial charge in [-0.25, -0.2) is 22.0 Å². The summed E-state index contributed by atoms with van der Waals surface area (Å²) in [5, 5.41) is 0. The zero-order valence-electron chi connectivity index (χ0n) is 19.9. The zero-order valence-corrected chi connectivity index (χ0v) is 19.9. The molecule has 8 heteroatoms. The maximum atomic E-state index is 14.9. The summed E-state index contributed by atoms with van der Waals surface area (Å²) < 4.78 is 111. The summed E-state index contributed by atoms with van der Waals surface area (Å²) in [6.45, 7) is 2.07. The van der Waals surface area contributed by atoms with Crippen LogP contribution < -0.4 is 0 Å². The Kier molecular flexibility index (Phi) is 7.71. The Hall–Kier alpha value is -3.94. The number of halogens is 8. The van der Waals surface area contributed by atoms with Gasteiger partial charge in [0.05, 0.1) is 5.56 Å². The third-order valence-corrected chi connectivity index (χ3v) is 6.03. The Morgan fingerprint density at radius 1 is 0.632 bits per heavy atom. The molecule has 0 saturated carbocycles. The van der Waals surface area contributed by atoms with Gasteiger partial charge in [-0.05, 0) is 59.0 Å². The van der Waals surface area contributed by atoms with Gasteiger partial charge in [0.2, 0.25) is 0 Å². The topological polar surface area (TPSA) is 0 Å². The minimum absolute atomic E-state index is 0.0245. The van der Waals surface area contributed by atoms with Crippen LogP contribution in [0.15, 0.2) is 78.9 Å². The summed E-state index contributed by atoms with van der Waals surface area (Å²) >= 11 is 0. The molecule has 4 aromatic carbocycles. The van der Waals surface area contributed by atoms with E-state index in [2.05, 4.69) is 6.92 Å². The average Bonchev–Trinajstić information content (AvgIpc) is 2.87. The van der Waals surface area contributed by atoms with Gasteiger partial charge in [-0.15, -0.1) is 0 Å². The second-order valence-corrected chi connectivity index (χ2v) is 8.66.